The fourth-order valence-corrected chi connectivity index (χ4v) is 2.83. The Morgan fingerprint density at radius 1 is 1.37 bits per heavy atom. The van der Waals surface area contributed by atoms with Crippen LogP contribution in [0.2, 0.25) is 0 Å². The van der Waals surface area contributed by atoms with Crippen LogP contribution >= 0.6 is 0 Å². The maximum Gasteiger partial charge on any atom is 0.223 e. The average Bonchev–Trinajstić information content (AvgIpc) is 2.73. The van der Waals surface area contributed by atoms with Crippen LogP contribution in [0.4, 0.5) is 0 Å². The number of aryl methyl sites for hydroxylation is 1. The SMILES string of the molecule is CCC1(CC)CN(CCc2noc(C)n2)CCCN1. The fraction of sp³-hybridized carbons (Fsp3) is 0.857. The van der Waals surface area contributed by atoms with Gasteiger partial charge >= 0.3 is 0 Å². The highest BCUT2D eigenvalue weighted by Gasteiger charge is 2.30. The van der Waals surface area contributed by atoms with E-state index in [-0.39, 0.29) is 5.54 Å². The molecule has 5 heteroatoms. The van der Waals surface area contributed by atoms with Crippen molar-refractivity contribution in [2.45, 2.75) is 52.0 Å². The van der Waals surface area contributed by atoms with Crippen molar-refractivity contribution in [3.05, 3.63) is 11.7 Å². The molecule has 0 saturated carbocycles. The zero-order valence-corrected chi connectivity index (χ0v) is 12.4. The van der Waals surface area contributed by atoms with Gasteiger partial charge in [0.2, 0.25) is 5.89 Å². The van der Waals surface area contributed by atoms with E-state index in [0.717, 1.165) is 38.4 Å². The lowest BCUT2D eigenvalue weighted by atomic mass is 9.92. The summed E-state index contributed by atoms with van der Waals surface area (Å²) < 4.78 is 5.02. The van der Waals surface area contributed by atoms with Crippen LogP contribution in [0.1, 0.15) is 44.8 Å². The monoisotopic (exact) mass is 266 g/mol. The van der Waals surface area contributed by atoms with E-state index >= 15 is 0 Å². The van der Waals surface area contributed by atoms with Crippen molar-refractivity contribution in [3.8, 4) is 0 Å². The van der Waals surface area contributed by atoms with Gasteiger partial charge in [-0.25, -0.2) is 0 Å². The molecule has 0 bridgehead atoms. The highest BCUT2D eigenvalue weighted by Crippen LogP contribution is 2.19. The number of nitrogens with zero attached hydrogens (tertiary/aromatic N) is 3. The minimum absolute atomic E-state index is 0.281. The molecule has 2 rings (SSSR count). The second kappa shape index (κ2) is 6.48. The van der Waals surface area contributed by atoms with Gasteiger partial charge < -0.3 is 14.7 Å². The molecule has 2 heterocycles. The highest BCUT2D eigenvalue weighted by molar-refractivity contribution is 4.92. The smallest absolute Gasteiger partial charge is 0.223 e. The van der Waals surface area contributed by atoms with Crippen LogP contribution in [0.5, 0.6) is 0 Å². The quantitative estimate of drug-likeness (QED) is 0.880. The van der Waals surface area contributed by atoms with E-state index in [4.69, 9.17) is 4.52 Å². The summed E-state index contributed by atoms with van der Waals surface area (Å²) >= 11 is 0. The van der Waals surface area contributed by atoms with Gasteiger partial charge in [0, 0.05) is 32.0 Å². The zero-order chi connectivity index (χ0) is 13.7. The van der Waals surface area contributed by atoms with Crippen molar-refractivity contribution < 1.29 is 4.52 Å². The first-order valence-electron chi connectivity index (χ1n) is 7.44. The van der Waals surface area contributed by atoms with Gasteiger partial charge in [0.15, 0.2) is 5.82 Å². The van der Waals surface area contributed by atoms with Crippen LogP contribution in [0.25, 0.3) is 0 Å². The molecule has 1 aliphatic heterocycles. The second-order valence-corrected chi connectivity index (χ2v) is 5.52. The predicted octanol–water partition coefficient (Wildman–Crippen LogP) is 1.77. The molecule has 0 aliphatic carbocycles. The summed E-state index contributed by atoms with van der Waals surface area (Å²) in [6.07, 6.45) is 4.45. The maximum atomic E-state index is 5.02. The van der Waals surface area contributed by atoms with Gasteiger partial charge in [-0.05, 0) is 32.4 Å². The molecule has 108 valence electrons. The molecule has 19 heavy (non-hydrogen) atoms. The third-order valence-electron chi connectivity index (χ3n) is 4.25. The van der Waals surface area contributed by atoms with Crippen LogP contribution in [0.3, 0.4) is 0 Å². The predicted molar refractivity (Wildman–Crippen MR) is 75.1 cm³/mol. The van der Waals surface area contributed by atoms with Gasteiger partial charge in [-0.2, -0.15) is 4.98 Å². The van der Waals surface area contributed by atoms with E-state index in [9.17, 15) is 0 Å². The van der Waals surface area contributed by atoms with Gasteiger partial charge in [-0.1, -0.05) is 19.0 Å². The van der Waals surface area contributed by atoms with Crippen molar-refractivity contribution in [1.82, 2.24) is 20.4 Å². The molecule has 0 atom stereocenters. The van der Waals surface area contributed by atoms with Crippen LogP contribution in [-0.4, -0.2) is 46.8 Å². The van der Waals surface area contributed by atoms with E-state index in [1.54, 1.807) is 0 Å². The van der Waals surface area contributed by atoms with E-state index < -0.39 is 0 Å². The molecule has 0 amide bonds. The van der Waals surface area contributed by atoms with Gasteiger partial charge in [-0.3, -0.25) is 0 Å². The molecule has 5 nitrogen and oxygen atoms in total. The molecule has 1 saturated heterocycles. The molecule has 0 aromatic carbocycles. The summed E-state index contributed by atoms with van der Waals surface area (Å²) in [7, 11) is 0. The standard InChI is InChI=1S/C14H26N4O/c1-4-14(5-2)11-18(9-6-8-15-14)10-7-13-16-12(3)19-17-13/h15H,4-11H2,1-3H3. The Bertz CT molecular complexity index is 387. The van der Waals surface area contributed by atoms with Gasteiger partial charge in [0.05, 0.1) is 0 Å². The number of nitrogens with one attached hydrogen (secondary N) is 1. The molecule has 0 unspecified atom stereocenters. The summed E-state index contributed by atoms with van der Waals surface area (Å²) in [5, 5.41) is 7.71. The van der Waals surface area contributed by atoms with Gasteiger partial charge in [0.25, 0.3) is 0 Å². The minimum atomic E-state index is 0.281. The van der Waals surface area contributed by atoms with Crippen molar-refractivity contribution in [2.75, 3.05) is 26.2 Å². The first kappa shape index (κ1) is 14.5. The van der Waals surface area contributed by atoms with Crippen molar-refractivity contribution in [3.63, 3.8) is 0 Å². The lowest BCUT2D eigenvalue weighted by molar-refractivity contribution is 0.197. The molecule has 1 fully saturated rings. The number of aromatic nitrogens is 2. The topological polar surface area (TPSA) is 54.2 Å². The lowest BCUT2D eigenvalue weighted by Gasteiger charge is -2.35. The third-order valence-corrected chi connectivity index (χ3v) is 4.25. The van der Waals surface area contributed by atoms with E-state index in [1.807, 2.05) is 6.92 Å². The number of rotatable bonds is 5. The zero-order valence-electron chi connectivity index (χ0n) is 12.4. The summed E-state index contributed by atoms with van der Waals surface area (Å²) in [5.74, 6) is 1.48. The number of hydrogen-bond donors (Lipinski definition) is 1. The van der Waals surface area contributed by atoms with Gasteiger partial charge in [0.1, 0.15) is 0 Å². The number of hydrogen-bond acceptors (Lipinski definition) is 5. The second-order valence-electron chi connectivity index (χ2n) is 5.52. The molecule has 1 aromatic heterocycles. The molecule has 0 spiro atoms. The first-order chi connectivity index (χ1) is 9.17. The minimum Gasteiger partial charge on any atom is -0.340 e. The summed E-state index contributed by atoms with van der Waals surface area (Å²) in [5.41, 5.74) is 0.281. The summed E-state index contributed by atoms with van der Waals surface area (Å²) in [6.45, 7) is 10.8. The van der Waals surface area contributed by atoms with Crippen molar-refractivity contribution >= 4 is 0 Å². The van der Waals surface area contributed by atoms with Crippen LogP contribution in [0, 0.1) is 6.92 Å². The third kappa shape index (κ3) is 3.76. The first-order valence-corrected chi connectivity index (χ1v) is 7.44. The Balaban J connectivity index is 1.91. The fourth-order valence-electron chi connectivity index (χ4n) is 2.83. The Morgan fingerprint density at radius 2 is 2.16 bits per heavy atom. The summed E-state index contributed by atoms with van der Waals surface area (Å²) in [4.78, 5) is 6.82. The normalized spacial score (nSPS) is 20.4. The Labute approximate surface area is 115 Å². The Kier molecular flexibility index (Phi) is 4.93. The Hall–Kier alpha value is -0.940. The van der Waals surface area contributed by atoms with Crippen LogP contribution < -0.4 is 5.32 Å². The molecule has 0 radical (unpaired) electrons. The summed E-state index contributed by atoms with van der Waals surface area (Å²) in [6, 6.07) is 0. The van der Waals surface area contributed by atoms with Crippen LogP contribution in [0.15, 0.2) is 4.52 Å². The van der Waals surface area contributed by atoms with Gasteiger partial charge in [-0.15, -0.1) is 0 Å². The molecule has 1 N–H and O–H groups in total. The van der Waals surface area contributed by atoms with Crippen molar-refractivity contribution in [1.29, 1.82) is 0 Å². The van der Waals surface area contributed by atoms with Crippen LogP contribution in [-0.2, 0) is 6.42 Å². The van der Waals surface area contributed by atoms with Crippen molar-refractivity contribution in [2.24, 2.45) is 0 Å². The molecule has 1 aliphatic rings. The highest BCUT2D eigenvalue weighted by atomic mass is 16.5. The molecular formula is C14H26N4O. The lowest BCUT2D eigenvalue weighted by Crippen LogP contribution is -2.50. The maximum absolute atomic E-state index is 5.02. The van der Waals surface area contributed by atoms with E-state index in [0.29, 0.717) is 5.89 Å². The van der Waals surface area contributed by atoms with E-state index in [1.165, 1.54) is 19.3 Å². The Morgan fingerprint density at radius 3 is 2.79 bits per heavy atom. The molecular weight excluding hydrogens is 240 g/mol. The average molecular weight is 266 g/mol. The largest absolute Gasteiger partial charge is 0.340 e. The molecule has 1 aromatic rings. The van der Waals surface area contributed by atoms with E-state index in [2.05, 4.69) is 34.2 Å².